The van der Waals surface area contributed by atoms with Gasteiger partial charge >= 0.3 is 0 Å². The summed E-state index contributed by atoms with van der Waals surface area (Å²) in [5.74, 6) is 0.593. The Morgan fingerprint density at radius 1 is 1.35 bits per heavy atom. The van der Waals surface area contributed by atoms with Gasteiger partial charge in [0.1, 0.15) is 0 Å². The molecule has 1 aliphatic rings. The molecule has 0 spiro atoms. The van der Waals surface area contributed by atoms with E-state index in [9.17, 15) is 4.79 Å². The third kappa shape index (κ3) is 3.40. The number of hydrogen-bond acceptors (Lipinski definition) is 2. The van der Waals surface area contributed by atoms with Crippen LogP contribution in [0.5, 0.6) is 0 Å². The Kier molecular flexibility index (Phi) is 4.48. The fraction of sp³-hybridized carbons (Fsp3) is 0.588. The maximum absolute atomic E-state index is 12.5. The first kappa shape index (κ1) is 15.0. The maximum atomic E-state index is 12.5. The minimum atomic E-state index is -0.0217. The predicted molar refractivity (Wildman–Crippen MR) is 83.0 cm³/mol. The molecule has 3 heteroatoms. The van der Waals surface area contributed by atoms with Gasteiger partial charge in [0, 0.05) is 11.6 Å². The summed E-state index contributed by atoms with van der Waals surface area (Å²) < 4.78 is 0. The predicted octanol–water partition coefficient (Wildman–Crippen LogP) is 2.71. The maximum Gasteiger partial charge on any atom is 0.251 e. The lowest BCUT2D eigenvalue weighted by Crippen LogP contribution is -2.39. The van der Waals surface area contributed by atoms with E-state index in [1.54, 1.807) is 0 Å². The van der Waals surface area contributed by atoms with Crippen molar-refractivity contribution in [3.8, 4) is 0 Å². The molecular weight excluding hydrogens is 248 g/mol. The third-order valence-electron chi connectivity index (χ3n) is 4.14. The monoisotopic (exact) mass is 274 g/mol. The highest BCUT2D eigenvalue weighted by Crippen LogP contribution is 2.26. The van der Waals surface area contributed by atoms with Gasteiger partial charge in [0.2, 0.25) is 0 Å². The zero-order valence-corrected chi connectivity index (χ0v) is 13.0. The molecule has 1 fully saturated rings. The first-order chi connectivity index (χ1) is 9.39. The molecule has 3 nitrogen and oxygen atoms in total. The van der Waals surface area contributed by atoms with E-state index < -0.39 is 0 Å². The van der Waals surface area contributed by atoms with Gasteiger partial charge in [-0.25, -0.2) is 0 Å². The Bertz CT molecular complexity index is 470. The second-order valence-electron chi connectivity index (χ2n) is 6.81. The van der Waals surface area contributed by atoms with Crippen molar-refractivity contribution in [3.63, 3.8) is 0 Å². The van der Waals surface area contributed by atoms with E-state index in [0.29, 0.717) is 5.92 Å². The lowest BCUT2D eigenvalue weighted by molar-refractivity contribution is 0.0926. The number of rotatable bonds is 3. The molecule has 110 valence electrons. The van der Waals surface area contributed by atoms with Gasteiger partial charge in [0.15, 0.2) is 0 Å². The molecule has 2 atom stereocenters. The Labute approximate surface area is 122 Å². The van der Waals surface area contributed by atoms with Crippen molar-refractivity contribution in [3.05, 3.63) is 35.4 Å². The Balaban J connectivity index is 2.13. The van der Waals surface area contributed by atoms with Gasteiger partial charge in [-0.05, 0) is 49.4 Å². The van der Waals surface area contributed by atoms with Crippen LogP contribution < -0.4 is 10.6 Å². The van der Waals surface area contributed by atoms with E-state index in [1.807, 2.05) is 18.2 Å². The highest BCUT2D eigenvalue weighted by molar-refractivity contribution is 5.96. The van der Waals surface area contributed by atoms with Gasteiger partial charge in [0.25, 0.3) is 5.91 Å². The first-order valence-corrected chi connectivity index (χ1v) is 7.50. The normalized spacial score (nSPS) is 20.7. The van der Waals surface area contributed by atoms with Crippen molar-refractivity contribution in [2.45, 2.75) is 45.6 Å². The first-order valence-electron chi connectivity index (χ1n) is 7.50. The summed E-state index contributed by atoms with van der Waals surface area (Å²) in [5, 5.41) is 6.52. The number of carbonyl (C=O) groups is 1. The average Bonchev–Trinajstić information content (AvgIpc) is 2.91. The van der Waals surface area contributed by atoms with Crippen molar-refractivity contribution in [2.75, 3.05) is 13.1 Å². The Hall–Kier alpha value is -1.35. The average molecular weight is 274 g/mol. The highest BCUT2D eigenvalue weighted by atomic mass is 16.1. The SMILES string of the molecule is CC(NC(=O)c1ccccc1C(C)(C)C)C1CCNC1. The zero-order valence-electron chi connectivity index (χ0n) is 13.0. The summed E-state index contributed by atoms with van der Waals surface area (Å²) in [4.78, 5) is 12.5. The molecule has 0 saturated carbocycles. The summed E-state index contributed by atoms with van der Waals surface area (Å²) in [6.45, 7) is 10.6. The molecule has 1 heterocycles. The zero-order chi connectivity index (χ0) is 14.8. The summed E-state index contributed by atoms with van der Waals surface area (Å²) in [6, 6.07) is 8.13. The van der Waals surface area contributed by atoms with Crippen molar-refractivity contribution in [1.29, 1.82) is 0 Å². The molecule has 0 aliphatic carbocycles. The lowest BCUT2D eigenvalue weighted by atomic mass is 9.83. The molecule has 0 bridgehead atoms. The molecule has 1 aliphatic heterocycles. The van der Waals surface area contributed by atoms with E-state index >= 15 is 0 Å². The van der Waals surface area contributed by atoms with Crippen LogP contribution in [0.15, 0.2) is 24.3 Å². The van der Waals surface area contributed by atoms with Crippen LogP contribution in [0.1, 0.15) is 50.0 Å². The molecule has 2 N–H and O–H groups in total. The van der Waals surface area contributed by atoms with Crippen LogP contribution in [0, 0.1) is 5.92 Å². The highest BCUT2D eigenvalue weighted by Gasteiger charge is 2.25. The molecule has 1 aromatic carbocycles. The van der Waals surface area contributed by atoms with E-state index in [0.717, 1.165) is 30.6 Å². The van der Waals surface area contributed by atoms with Crippen LogP contribution in [0.4, 0.5) is 0 Å². The summed E-state index contributed by atoms with van der Waals surface area (Å²) in [7, 11) is 0. The van der Waals surface area contributed by atoms with Crippen LogP contribution in [0.3, 0.4) is 0 Å². The van der Waals surface area contributed by atoms with Gasteiger partial charge in [-0.2, -0.15) is 0 Å². The summed E-state index contributed by atoms with van der Waals surface area (Å²) in [6.07, 6.45) is 1.14. The fourth-order valence-corrected chi connectivity index (χ4v) is 2.84. The molecule has 20 heavy (non-hydrogen) atoms. The van der Waals surface area contributed by atoms with Crippen LogP contribution in [-0.4, -0.2) is 25.0 Å². The van der Waals surface area contributed by atoms with E-state index in [1.165, 1.54) is 0 Å². The van der Waals surface area contributed by atoms with Crippen LogP contribution in [0.2, 0.25) is 0 Å². The van der Waals surface area contributed by atoms with Crippen molar-refractivity contribution >= 4 is 5.91 Å². The molecule has 2 rings (SSSR count). The summed E-state index contributed by atoms with van der Waals surface area (Å²) in [5.41, 5.74) is 1.89. The molecule has 2 unspecified atom stereocenters. The number of amides is 1. The quantitative estimate of drug-likeness (QED) is 0.890. The largest absolute Gasteiger partial charge is 0.349 e. The van der Waals surface area contributed by atoms with Gasteiger partial charge in [-0.1, -0.05) is 39.0 Å². The van der Waals surface area contributed by atoms with Crippen LogP contribution in [-0.2, 0) is 5.41 Å². The van der Waals surface area contributed by atoms with Gasteiger partial charge in [-0.15, -0.1) is 0 Å². The van der Waals surface area contributed by atoms with Gasteiger partial charge in [0.05, 0.1) is 0 Å². The minimum Gasteiger partial charge on any atom is -0.349 e. The third-order valence-corrected chi connectivity index (χ3v) is 4.14. The number of benzene rings is 1. The molecule has 0 radical (unpaired) electrons. The van der Waals surface area contributed by atoms with Gasteiger partial charge < -0.3 is 10.6 Å². The van der Waals surface area contributed by atoms with Crippen molar-refractivity contribution in [2.24, 2.45) is 5.92 Å². The van der Waals surface area contributed by atoms with Crippen molar-refractivity contribution in [1.82, 2.24) is 10.6 Å². The summed E-state index contributed by atoms with van der Waals surface area (Å²) >= 11 is 0. The lowest BCUT2D eigenvalue weighted by Gasteiger charge is -2.25. The molecule has 0 aromatic heterocycles. The second kappa shape index (κ2) is 5.96. The Morgan fingerprint density at radius 2 is 2.05 bits per heavy atom. The standard InChI is InChI=1S/C17H26N2O/c1-12(13-9-10-18-11-13)19-16(20)14-7-5-6-8-15(14)17(2,3)4/h5-8,12-13,18H,9-11H2,1-4H3,(H,19,20). The fourth-order valence-electron chi connectivity index (χ4n) is 2.84. The van der Waals surface area contributed by atoms with Crippen LogP contribution in [0.25, 0.3) is 0 Å². The number of carbonyl (C=O) groups excluding carboxylic acids is 1. The molecule has 1 aromatic rings. The van der Waals surface area contributed by atoms with Gasteiger partial charge in [-0.3, -0.25) is 4.79 Å². The van der Waals surface area contributed by atoms with E-state index in [4.69, 9.17) is 0 Å². The molecular formula is C17H26N2O. The molecule has 1 amide bonds. The van der Waals surface area contributed by atoms with Crippen LogP contribution >= 0.6 is 0 Å². The second-order valence-corrected chi connectivity index (χ2v) is 6.81. The topological polar surface area (TPSA) is 41.1 Å². The van der Waals surface area contributed by atoms with Crippen molar-refractivity contribution < 1.29 is 4.79 Å². The van der Waals surface area contributed by atoms with E-state index in [-0.39, 0.29) is 17.4 Å². The smallest absolute Gasteiger partial charge is 0.251 e. The molecule has 1 saturated heterocycles. The minimum absolute atomic E-state index is 0.0217. The number of nitrogens with one attached hydrogen (secondary N) is 2. The van der Waals surface area contributed by atoms with E-state index in [2.05, 4.69) is 44.4 Å². The Morgan fingerprint density at radius 3 is 2.65 bits per heavy atom. The number of hydrogen-bond donors (Lipinski definition) is 2.